The lowest BCUT2D eigenvalue weighted by molar-refractivity contribution is -0.114. The number of rotatable bonds is 6. The summed E-state index contributed by atoms with van der Waals surface area (Å²) in [5, 5.41) is 5.47. The van der Waals surface area contributed by atoms with Crippen molar-refractivity contribution in [2.24, 2.45) is 0 Å². The molecule has 2 amide bonds. The van der Waals surface area contributed by atoms with Crippen molar-refractivity contribution < 1.29 is 18.7 Å². The molecule has 3 aromatic carbocycles. The molecule has 0 atom stereocenters. The molecule has 3 aromatic rings. The van der Waals surface area contributed by atoms with E-state index in [1.54, 1.807) is 60.7 Å². The minimum absolute atomic E-state index is 0.163. The predicted octanol–water partition coefficient (Wildman–Crippen LogP) is 4.62. The van der Waals surface area contributed by atoms with Gasteiger partial charge in [0.15, 0.2) is 0 Å². The zero-order chi connectivity index (χ0) is 19.9. The summed E-state index contributed by atoms with van der Waals surface area (Å²) in [6, 6.07) is 19.7. The summed E-state index contributed by atoms with van der Waals surface area (Å²) in [7, 11) is 0. The number of carbonyl (C=O) groups excluding carboxylic acids is 2. The fourth-order valence-electron chi connectivity index (χ4n) is 2.56. The van der Waals surface area contributed by atoms with Crippen LogP contribution >= 0.6 is 0 Å². The lowest BCUT2D eigenvalue weighted by atomic mass is 10.1. The van der Waals surface area contributed by atoms with Gasteiger partial charge in [-0.05, 0) is 54.1 Å². The topological polar surface area (TPSA) is 67.4 Å². The fraction of sp³-hybridized carbons (Fsp3) is 0.0909. The first-order valence-electron chi connectivity index (χ1n) is 8.66. The molecule has 0 unspecified atom stereocenters. The quantitative estimate of drug-likeness (QED) is 0.658. The van der Waals surface area contributed by atoms with E-state index in [1.165, 1.54) is 19.1 Å². The molecule has 0 spiro atoms. The van der Waals surface area contributed by atoms with E-state index >= 15 is 0 Å². The Balaban J connectivity index is 1.68. The van der Waals surface area contributed by atoms with Crippen LogP contribution in [-0.4, -0.2) is 11.8 Å². The van der Waals surface area contributed by atoms with Crippen molar-refractivity contribution in [3.63, 3.8) is 0 Å². The molecule has 5 nitrogen and oxygen atoms in total. The molecule has 28 heavy (non-hydrogen) atoms. The third kappa shape index (κ3) is 5.17. The molecule has 0 aliphatic rings. The van der Waals surface area contributed by atoms with E-state index in [-0.39, 0.29) is 24.2 Å². The van der Waals surface area contributed by atoms with Gasteiger partial charge in [-0.25, -0.2) is 4.39 Å². The van der Waals surface area contributed by atoms with Crippen LogP contribution in [0.1, 0.15) is 22.8 Å². The molecule has 0 bridgehead atoms. The maximum Gasteiger partial charge on any atom is 0.259 e. The van der Waals surface area contributed by atoms with Crippen LogP contribution in [-0.2, 0) is 11.4 Å². The van der Waals surface area contributed by atoms with Crippen molar-refractivity contribution in [2.45, 2.75) is 13.5 Å². The number of benzene rings is 3. The number of ether oxygens (including phenoxy) is 1. The van der Waals surface area contributed by atoms with Gasteiger partial charge in [0.1, 0.15) is 18.2 Å². The molecule has 2 N–H and O–H groups in total. The van der Waals surface area contributed by atoms with E-state index in [9.17, 15) is 14.0 Å². The van der Waals surface area contributed by atoms with Gasteiger partial charge in [0, 0.05) is 18.3 Å². The normalized spacial score (nSPS) is 10.2. The summed E-state index contributed by atoms with van der Waals surface area (Å²) < 4.78 is 18.8. The number of nitrogens with one attached hydrogen (secondary N) is 2. The smallest absolute Gasteiger partial charge is 0.259 e. The summed E-state index contributed by atoms with van der Waals surface area (Å²) >= 11 is 0. The number of amides is 2. The standard InChI is InChI=1S/C22H19FN2O3/c1-15(26)24-18-10-12-19(13-11-18)25-22(27)20-4-2-3-5-21(20)28-14-16-6-8-17(23)9-7-16/h2-13H,14H2,1H3,(H,24,26)(H,25,27). The molecule has 0 aromatic heterocycles. The van der Waals surface area contributed by atoms with Gasteiger partial charge in [-0.3, -0.25) is 9.59 Å². The largest absolute Gasteiger partial charge is 0.488 e. The predicted molar refractivity (Wildman–Crippen MR) is 106 cm³/mol. The van der Waals surface area contributed by atoms with Crippen LogP contribution in [0.5, 0.6) is 5.75 Å². The Morgan fingerprint density at radius 1 is 0.857 bits per heavy atom. The van der Waals surface area contributed by atoms with E-state index in [1.807, 2.05) is 0 Å². The lowest BCUT2D eigenvalue weighted by Gasteiger charge is -2.12. The number of carbonyl (C=O) groups is 2. The molecular weight excluding hydrogens is 359 g/mol. The Labute approximate surface area is 162 Å². The van der Waals surface area contributed by atoms with E-state index in [0.29, 0.717) is 22.7 Å². The average molecular weight is 378 g/mol. The lowest BCUT2D eigenvalue weighted by Crippen LogP contribution is -2.14. The second-order valence-electron chi connectivity index (χ2n) is 6.12. The summed E-state index contributed by atoms with van der Waals surface area (Å²) in [5.74, 6) is -0.363. The van der Waals surface area contributed by atoms with Crippen LogP contribution in [0.2, 0.25) is 0 Å². The molecule has 0 aliphatic heterocycles. The first-order chi connectivity index (χ1) is 13.5. The van der Waals surface area contributed by atoms with Crippen molar-refractivity contribution >= 4 is 23.2 Å². The molecule has 0 saturated heterocycles. The highest BCUT2D eigenvalue weighted by Gasteiger charge is 2.12. The van der Waals surface area contributed by atoms with Gasteiger partial charge in [-0.1, -0.05) is 24.3 Å². The first kappa shape index (κ1) is 19.1. The van der Waals surface area contributed by atoms with Gasteiger partial charge in [0.05, 0.1) is 5.56 Å². The van der Waals surface area contributed by atoms with Crippen LogP contribution in [0, 0.1) is 5.82 Å². The van der Waals surface area contributed by atoms with Crippen LogP contribution in [0.25, 0.3) is 0 Å². The van der Waals surface area contributed by atoms with Gasteiger partial charge >= 0.3 is 0 Å². The molecule has 0 aliphatic carbocycles. The summed E-state index contributed by atoms with van der Waals surface area (Å²) in [6.07, 6.45) is 0. The van der Waals surface area contributed by atoms with Crippen LogP contribution in [0.3, 0.4) is 0 Å². The molecule has 0 radical (unpaired) electrons. The highest BCUT2D eigenvalue weighted by Crippen LogP contribution is 2.22. The Bertz CT molecular complexity index is 970. The van der Waals surface area contributed by atoms with Gasteiger partial charge in [0.25, 0.3) is 5.91 Å². The zero-order valence-electron chi connectivity index (χ0n) is 15.2. The van der Waals surface area contributed by atoms with E-state index in [0.717, 1.165) is 5.56 Å². The zero-order valence-corrected chi connectivity index (χ0v) is 15.2. The highest BCUT2D eigenvalue weighted by molar-refractivity contribution is 6.06. The number of para-hydroxylation sites is 1. The van der Waals surface area contributed by atoms with E-state index < -0.39 is 0 Å². The highest BCUT2D eigenvalue weighted by atomic mass is 19.1. The van der Waals surface area contributed by atoms with Crippen molar-refractivity contribution in [3.05, 3.63) is 89.7 Å². The Morgan fingerprint density at radius 3 is 2.11 bits per heavy atom. The van der Waals surface area contributed by atoms with Gasteiger partial charge < -0.3 is 15.4 Å². The monoisotopic (exact) mass is 378 g/mol. The second-order valence-corrected chi connectivity index (χ2v) is 6.12. The van der Waals surface area contributed by atoms with Gasteiger partial charge in [0.2, 0.25) is 5.91 Å². The van der Waals surface area contributed by atoms with E-state index in [2.05, 4.69) is 10.6 Å². The number of hydrogen-bond acceptors (Lipinski definition) is 3. The van der Waals surface area contributed by atoms with Crippen LogP contribution in [0.15, 0.2) is 72.8 Å². The van der Waals surface area contributed by atoms with Crippen molar-refractivity contribution in [1.29, 1.82) is 0 Å². The number of anilines is 2. The van der Waals surface area contributed by atoms with E-state index in [4.69, 9.17) is 4.74 Å². The van der Waals surface area contributed by atoms with Crippen molar-refractivity contribution in [2.75, 3.05) is 10.6 Å². The SMILES string of the molecule is CC(=O)Nc1ccc(NC(=O)c2ccccc2OCc2ccc(F)cc2)cc1. The molecule has 6 heteroatoms. The van der Waals surface area contributed by atoms with Crippen LogP contribution < -0.4 is 15.4 Å². The Kier molecular flexibility index (Phi) is 6.01. The van der Waals surface area contributed by atoms with Gasteiger partial charge in [-0.2, -0.15) is 0 Å². The molecule has 0 fully saturated rings. The number of hydrogen-bond donors (Lipinski definition) is 2. The molecule has 142 valence electrons. The minimum atomic E-state index is -0.318. The van der Waals surface area contributed by atoms with Crippen molar-refractivity contribution in [3.8, 4) is 5.75 Å². The van der Waals surface area contributed by atoms with Crippen LogP contribution in [0.4, 0.5) is 15.8 Å². The number of halogens is 1. The molecular formula is C22H19FN2O3. The molecule has 0 heterocycles. The maximum absolute atomic E-state index is 13.0. The summed E-state index contributed by atoms with van der Waals surface area (Å²) in [4.78, 5) is 23.7. The average Bonchev–Trinajstić information content (AvgIpc) is 2.69. The summed E-state index contributed by atoms with van der Waals surface area (Å²) in [6.45, 7) is 1.65. The Morgan fingerprint density at radius 2 is 1.46 bits per heavy atom. The molecule has 0 saturated carbocycles. The third-order valence-electron chi connectivity index (χ3n) is 3.90. The first-order valence-corrected chi connectivity index (χ1v) is 8.66. The summed E-state index contributed by atoms with van der Waals surface area (Å²) in [5.41, 5.74) is 2.42. The molecule has 3 rings (SSSR count). The van der Waals surface area contributed by atoms with Crippen molar-refractivity contribution in [1.82, 2.24) is 0 Å². The fourth-order valence-corrected chi connectivity index (χ4v) is 2.56. The maximum atomic E-state index is 13.0. The minimum Gasteiger partial charge on any atom is -0.488 e. The Hall–Kier alpha value is -3.67. The third-order valence-corrected chi connectivity index (χ3v) is 3.90. The van der Waals surface area contributed by atoms with Gasteiger partial charge in [-0.15, -0.1) is 0 Å². The second kappa shape index (κ2) is 8.81.